The summed E-state index contributed by atoms with van der Waals surface area (Å²) in [5, 5.41) is 0. The molecule has 1 heteroatoms. The second kappa shape index (κ2) is 3.44. The van der Waals surface area contributed by atoms with Gasteiger partial charge < -0.3 is 0 Å². The van der Waals surface area contributed by atoms with Crippen LogP contribution < -0.4 is 0 Å². The Morgan fingerprint density at radius 2 is 2.17 bits per heavy atom. The number of halogens is 1. The van der Waals surface area contributed by atoms with Crippen LogP contribution in [0.25, 0.3) is 6.08 Å². The summed E-state index contributed by atoms with van der Waals surface area (Å²) in [6.07, 6.45) is 8.20. The molecule has 0 atom stereocenters. The first kappa shape index (κ1) is 8.06. The lowest BCUT2D eigenvalue weighted by atomic mass is 10.1. The zero-order valence-corrected chi connectivity index (χ0v) is 8.47. The van der Waals surface area contributed by atoms with Gasteiger partial charge in [-0.3, -0.25) is 0 Å². The molecule has 0 bridgehead atoms. The van der Waals surface area contributed by atoms with Gasteiger partial charge in [-0.1, -0.05) is 34.1 Å². The molecular weight excluding hydrogens is 212 g/mol. The highest BCUT2D eigenvalue weighted by Crippen LogP contribution is 2.22. The minimum Gasteiger partial charge on any atom is -0.0839 e. The average Bonchev–Trinajstić information content (AvgIpc) is 2.28. The van der Waals surface area contributed by atoms with Crippen LogP contribution in [0, 0.1) is 0 Å². The Bertz CT molecular complexity index is 313. The molecule has 12 heavy (non-hydrogen) atoms. The van der Waals surface area contributed by atoms with Crippen LogP contribution in [0.3, 0.4) is 0 Å². The van der Waals surface area contributed by atoms with Crippen molar-refractivity contribution >= 4 is 22.0 Å². The molecule has 0 radical (unpaired) electrons. The van der Waals surface area contributed by atoms with E-state index in [1.165, 1.54) is 34.9 Å². The van der Waals surface area contributed by atoms with Gasteiger partial charge in [-0.25, -0.2) is 0 Å². The van der Waals surface area contributed by atoms with E-state index >= 15 is 0 Å². The quantitative estimate of drug-likeness (QED) is 0.627. The van der Waals surface area contributed by atoms with Gasteiger partial charge >= 0.3 is 0 Å². The van der Waals surface area contributed by atoms with Crippen molar-refractivity contribution < 1.29 is 0 Å². The van der Waals surface area contributed by atoms with Gasteiger partial charge in [0, 0.05) is 4.47 Å². The first-order valence-electron chi connectivity index (χ1n) is 4.31. The molecule has 1 aliphatic carbocycles. The van der Waals surface area contributed by atoms with Crippen LogP contribution >= 0.6 is 15.9 Å². The summed E-state index contributed by atoms with van der Waals surface area (Å²) >= 11 is 3.49. The van der Waals surface area contributed by atoms with Gasteiger partial charge in [0.25, 0.3) is 0 Å². The Labute approximate surface area is 81.4 Å². The maximum absolute atomic E-state index is 3.49. The van der Waals surface area contributed by atoms with Crippen molar-refractivity contribution in [1.82, 2.24) is 0 Å². The lowest BCUT2D eigenvalue weighted by Crippen LogP contribution is -1.86. The third-order valence-corrected chi connectivity index (χ3v) is 2.71. The molecule has 0 amide bonds. The summed E-state index contributed by atoms with van der Waals surface area (Å²) in [7, 11) is 0. The molecule has 62 valence electrons. The van der Waals surface area contributed by atoms with Gasteiger partial charge in [-0.15, -0.1) is 0 Å². The van der Waals surface area contributed by atoms with Crippen LogP contribution in [0.4, 0.5) is 0 Å². The number of rotatable bonds is 0. The van der Waals surface area contributed by atoms with Crippen LogP contribution in [0.2, 0.25) is 0 Å². The number of hydrogen-bond donors (Lipinski definition) is 0. The van der Waals surface area contributed by atoms with Crippen molar-refractivity contribution in [2.24, 2.45) is 0 Å². The molecule has 1 aliphatic rings. The molecule has 0 aliphatic heterocycles. The van der Waals surface area contributed by atoms with E-state index < -0.39 is 0 Å². The third kappa shape index (κ3) is 1.61. The van der Waals surface area contributed by atoms with Crippen molar-refractivity contribution in [3.63, 3.8) is 0 Å². The highest BCUT2D eigenvalue weighted by atomic mass is 79.9. The molecule has 0 spiro atoms. The number of benzene rings is 1. The van der Waals surface area contributed by atoms with Crippen LogP contribution in [-0.2, 0) is 6.42 Å². The van der Waals surface area contributed by atoms with E-state index in [1.807, 2.05) is 0 Å². The number of aryl methyl sites for hydroxylation is 1. The van der Waals surface area contributed by atoms with Gasteiger partial charge in [0.2, 0.25) is 0 Å². The van der Waals surface area contributed by atoms with Crippen molar-refractivity contribution in [1.29, 1.82) is 0 Å². The summed E-state index contributed by atoms with van der Waals surface area (Å²) < 4.78 is 1.19. The predicted molar refractivity (Wildman–Crippen MR) is 56.1 cm³/mol. The van der Waals surface area contributed by atoms with Crippen LogP contribution in [0.15, 0.2) is 28.7 Å². The number of hydrogen-bond acceptors (Lipinski definition) is 0. The maximum atomic E-state index is 3.49. The smallest absolute Gasteiger partial charge is 0.0178 e. The lowest BCUT2D eigenvalue weighted by molar-refractivity contribution is 0.851. The van der Waals surface area contributed by atoms with Crippen molar-refractivity contribution in [2.75, 3.05) is 0 Å². The summed E-state index contributed by atoms with van der Waals surface area (Å²) in [4.78, 5) is 0. The van der Waals surface area contributed by atoms with Crippen molar-refractivity contribution in [3.8, 4) is 0 Å². The van der Waals surface area contributed by atoms with Gasteiger partial charge in [0.1, 0.15) is 0 Å². The second-order valence-electron chi connectivity index (χ2n) is 3.14. The summed E-state index contributed by atoms with van der Waals surface area (Å²) in [5.74, 6) is 0. The van der Waals surface area contributed by atoms with Gasteiger partial charge in [0.05, 0.1) is 0 Å². The molecule has 0 N–H and O–H groups in total. The molecule has 0 unspecified atom stereocenters. The molecule has 0 heterocycles. The Morgan fingerprint density at radius 3 is 3.08 bits per heavy atom. The lowest BCUT2D eigenvalue weighted by Gasteiger charge is -2.02. The Balaban J connectivity index is 2.46. The fourth-order valence-electron chi connectivity index (χ4n) is 1.57. The standard InChI is InChI=1S/C11H11Br/c12-11-7-6-9-4-2-1-3-5-10(9)8-11/h2,4,6-8H,1,3,5H2. The van der Waals surface area contributed by atoms with Crippen molar-refractivity contribution in [3.05, 3.63) is 39.9 Å². The van der Waals surface area contributed by atoms with Crippen molar-refractivity contribution in [2.45, 2.75) is 19.3 Å². The van der Waals surface area contributed by atoms with E-state index in [4.69, 9.17) is 0 Å². The first-order valence-corrected chi connectivity index (χ1v) is 5.10. The van der Waals surface area contributed by atoms with Crippen LogP contribution in [0.1, 0.15) is 24.0 Å². The maximum Gasteiger partial charge on any atom is 0.0178 e. The molecule has 0 fully saturated rings. The number of fused-ring (bicyclic) bond motifs is 1. The molecule has 2 rings (SSSR count). The normalized spacial score (nSPS) is 15.4. The van der Waals surface area contributed by atoms with E-state index in [9.17, 15) is 0 Å². The van der Waals surface area contributed by atoms with Gasteiger partial charge in [0.15, 0.2) is 0 Å². The summed E-state index contributed by atoms with van der Waals surface area (Å²) in [6, 6.07) is 6.51. The van der Waals surface area contributed by atoms with E-state index in [0.717, 1.165) is 0 Å². The third-order valence-electron chi connectivity index (χ3n) is 2.22. The predicted octanol–water partition coefficient (Wildman–Crippen LogP) is 3.80. The van der Waals surface area contributed by atoms with E-state index in [0.29, 0.717) is 0 Å². The monoisotopic (exact) mass is 222 g/mol. The molecular formula is C11H11Br. The minimum atomic E-state index is 1.19. The summed E-state index contributed by atoms with van der Waals surface area (Å²) in [6.45, 7) is 0. The molecule has 1 aromatic carbocycles. The number of allylic oxidation sites excluding steroid dienone is 1. The fourth-order valence-corrected chi connectivity index (χ4v) is 1.98. The van der Waals surface area contributed by atoms with Crippen LogP contribution in [0.5, 0.6) is 0 Å². The molecule has 0 aromatic heterocycles. The molecule has 0 nitrogen and oxygen atoms in total. The fraction of sp³-hybridized carbons (Fsp3) is 0.273. The highest BCUT2D eigenvalue weighted by Gasteiger charge is 2.02. The average molecular weight is 223 g/mol. The topological polar surface area (TPSA) is 0 Å². The highest BCUT2D eigenvalue weighted by molar-refractivity contribution is 9.10. The summed E-state index contributed by atoms with van der Waals surface area (Å²) in [5.41, 5.74) is 2.86. The van der Waals surface area contributed by atoms with E-state index in [2.05, 4.69) is 46.3 Å². The van der Waals surface area contributed by atoms with E-state index in [1.54, 1.807) is 0 Å². The second-order valence-corrected chi connectivity index (χ2v) is 4.05. The largest absolute Gasteiger partial charge is 0.0839 e. The van der Waals surface area contributed by atoms with Crippen LogP contribution in [-0.4, -0.2) is 0 Å². The molecule has 0 saturated carbocycles. The minimum absolute atomic E-state index is 1.19. The van der Waals surface area contributed by atoms with Gasteiger partial charge in [-0.2, -0.15) is 0 Å². The molecule has 0 saturated heterocycles. The first-order chi connectivity index (χ1) is 5.86. The molecule has 1 aromatic rings. The Hall–Kier alpha value is -0.560. The Morgan fingerprint density at radius 1 is 1.25 bits per heavy atom. The SMILES string of the molecule is Brc1ccc2c(c1)CCCC=C2. The van der Waals surface area contributed by atoms with Gasteiger partial charge in [-0.05, 0) is 42.5 Å². The Kier molecular flexibility index (Phi) is 2.31. The zero-order valence-electron chi connectivity index (χ0n) is 6.89. The van der Waals surface area contributed by atoms with E-state index in [-0.39, 0.29) is 0 Å². The zero-order chi connectivity index (χ0) is 8.39.